The number of methoxy groups -OCH3 is 1. The quantitative estimate of drug-likeness (QED) is 0.214. The van der Waals surface area contributed by atoms with Crippen LogP contribution in [0.1, 0.15) is 22.3 Å². The van der Waals surface area contributed by atoms with Crippen LogP contribution in [0.15, 0.2) is 12.1 Å². The number of nitrogens with one attached hydrogen (secondary N) is 2. The first-order chi connectivity index (χ1) is 14.5. The van der Waals surface area contributed by atoms with E-state index in [4.69, 9.17) is 25.7 Å². The van der Waals surface area contributed by atoms with Crippen molar-refractivity contribution < 1.29 is 103 Å². The summed E-state index contributed by atoms with van der Waals surface area (Å²) in [5, 5.41) is 30.6. The molecule has 0 aromatic heterocycles. The van der Waals surface area contributed by atoms with E-state index in [-0.39, 0.29) is 74.2 Å². The van der Waals surface area contributed by atoms with Crippen LogP contribution in [0, 0.1) is 6.92 Å². The molecule has 2 amide bonds. The topological polar surface area (TPSA) is 196 Å². The van der Waals surface area contributed by atoms with E-state index in [9.17, 15) is 29.7 Å². The van der Waals surface area contributed by atoms with Crippen molar-refractivity contribution in [1.29, 1.82) is 0 Å². The molecule has 1 aliphatic rings. The van der Waals surface area contributed by atoms with Gasteiger partial charge in [0, 0.05) is 61.0 Å². The Morgan fingerprint density at radius 1 is 0.939 bits per heavy atom. The third kappa shape index (κ3) is 8.57. The molecule has 1 aliphatic heterocycles. The summed E-state index contributed by atoms with van der Waals surface area (Å²) in [5.41, 5.74) is 15.8. The Labute approximate surface area is 230 Å². The number of aryl methyl sites for hydroxylation is 1. The van der Waals surface area contributed by atoms with Crippen LogP contribution in [-0.2, 0) is 98.0 Å². The van der Waals surface area contributed by atoms with Gasteiger partial charge in [0.15, 0.2) is 6.10 Å². The van der Waals surface area contributed by atoms with Crippen LogP contribution in [0.3, 0.4) is 0 Å². The molecule has 12 nitrogen and oxygen atoms in total. The van der Waals surface area contributed by atoms with Gasteiger partial charge in [-0.25, -0.2) is 4.79 Å². The number of amides is 2. The zero-order chi connectivity index (χ0) is 23.3. The minimum Gasteiger partial charge on any atom is -0.632 e. The number of esters is 1. The van der Waals surface area contributed by atoms with E-state index in [1.165, 1.54) is 0 Å². The SMILES string of the molecule is COC(=O)[C@H]1O[C@@H](Cc2c(COC([NH-])=O)cc(C)cc2COC([NH-])=O)[C@H](O)[C@@H](O)[C@@H]1O.[Cd].[Cd]. The average molecular weight is 665 g/mol. The number of rotatable bonds is 7. The number of aliphatic hydroxyl groups is 3. The molecule has 1 saturated heterocycles. The third-order valence-electron chi connectivity index (χ3n) is 4.85. The zero-order valence-corrected chi connectivity index (χ0v) is 26.3. The van der Waals surface area contributed by atoms with Crippen LogP contribution in [0.25, 0.3) is 11.5 Å². The summed E-state index contributed by atoms with van der Waals surface area (Å²) in [6.07, 6.45) is -10.5. The molecule has 0 radical (unpaired) electrons. The Morgan fingerprint density at radius 2 is 1.42 bits per heavy atom. The van der Waals surface area contributed by atoms with E-state index in [0.29, 0.717) is 22.3 Å². The molecule has 0 spiro atoms. The van der Waals surface area contributed by atoms with E-state index in [0.717, 1.165) is 7.11 Å². The first kappa shape index (κ1) is 31.9. The van der Waals surface area contributed by atoms with Gasteiger partial charge in [-0.3, -0.25) is 9.59 Å². The molecule has 0 bridgehead atoms. The molecular formula is C19H24Cd2N2O10-2. The molecule has 1 aromatic carbocycles. The van der Waals surface area contributed by atoms with Crippen LogP contribution < -0.4 is 0 Å². The number of carbonyl (C=O) groups is 3. The first-order valence-electron chi connectivity index (χ1n) is 9.20. The fraction of sp³-hybridized carbons (Fsp3) is 0.526. The fourth-order valence-corrected chi connectivity index (χ4v) is 3.41. The molecule has 5 atom stereocenters. The number of benzene rings is 1. The molecule has 14 heteroatoms. The standard InChI is InChI=1S/C19H26N2O10.2Cd/c1-8-3-9(6-29-18(20)26)11(10(4-8)7-30-19(21)27)5-12-13(22)14(23)15(24)16(31-12)17(25)28-2;;/h3-4,12-16,22-24H,5-7H2,1-2H3,(H4,20,21,26,27);;/p-2/t12-,13-,14+,15-,16-;;/m0../s1. The molecular weight excluding hydrogens is 641 g/mol. The smallest absolute Gasteiger partial charge is 0.337 e. The second-order valence-corrected chi connectivity index (χ2v) is 7.01. The van der Waals surface area contributed by atoms with E-state index in [1.807, 2.05) is 0 Å². The minimum absolute atomic E-state index is 0. The second-order valence-electron chi connectivity index (χ2n) is 7.01. The molecule has 5 N–H and O–H groups in total. The molecule has 0 unspecified atom stereocenters. The molecule has 0 saturated carbocycles. The van der Waals surface area contributed by atoms with Gasteiger partial charge in [0.25, 0.3) is 0 Å². The molecule has 1 heterocycles. The van der Waals surface area contributed by atoms with Crippen LogP contribution in [-0.4, -0.2) is 71.1 Å². The third-order valence-corrected chi connectivity index (χ3v) is 4.85. The van der Waals surface area contributed by atoms with Gasteiger partial charge in [-0.1, -0.05) is 17.7 Å². The van der Waals surface area contributed by atoms with Gasteiger partial charge in [-0.05, 0) is 23.6 Å². The predicted molar refractivity (Wildman–Crippen MR) is 103 cm³/mol. The van der Waals surface area contributed by atoms with Crippen molar-refractivity contribution in [1.82, 2.24) is 0 Å². The van der Waals surface area contributed by atoms with Crippen LogP contribution >= 0.6 is 0 Å². The summed E-state index contributed by atoms with van der Waals surface area (Å²) in [6, 6.07) is 3.28. The summed E-state index contributed by atoms with van der Waals surface area (Å²) < 4.78 is 19.6. The largest absolute Gasteiger partial charge is 0.632 e. The van der Waals surface area contributed by atoms with E-state index in [2.05, 4.69) is 4.74 Å². The van der Waals surface area contributed by atoms with Crippen molar-refractivity contribution in [2.75, 3.05) is 7.11 Å². The molecule has 1 fully saturated rings. The Morgan fingerprint density at radius 3 is 1.85 bits per heavy atom. The number of carbonyl (C=O) groups excluding carboxylic acids is 3. The number of aliphatic hydroxyl groups excluding tert-OH is 3. The normalized spacial score (nSPS) is 24.0. The number of ether oxygens (including phenoxy) is 4. The average Bonchev–Trinajstić information content (AvgIpc) is 2.71. The Kier molecular flexibility index (Phi) is 13.9. The van der Waals surface area contributed by atoms with Crippen molar-refractivity contribution >= 4 is 18.2 Å². The predicted octanol–water partition coefficient (Wildman–Crippen LogP) is 0.933. The van der Waals surface area contributed by atoms with Gasteiger partial charge in [0.2, 0.25) is 12.2 Å². The van der Waals surface area contributed by atoms with E-state index in [1.54, 1.807) is 19.1 Å². The van der Waals surface area contributed by atoms with Crippen molar-refractivity contribution in [2.45, 2.75) is 57.1 Å². The van der Waals surface area contributed by atoms with Crippen molar-refractivity contribution in [3.63, 3.8) is 0 Å². The van der Waals surface area contributed by atoms with E-state index >= 15 is 0 Å². The molecule has 176 valence electrons. The van der Waals surface area contributed by atoms with Crippen molar-refractivity contribution in [2.24, 2.45) is 0 Å². The summed E-state index contributed by atoms with van der Waals surface area (Å²) >= 11 is 0. The van der Waals surface area contributed by atoms with E-state index < -0.39 is 48.7 Å². The summed E-state index contributed by atoms with van der Waals surface area (Å²) in [5.74, 6) is -0.945. The van der Waals surface area contributed by atoms with Crippen molar-refractivity contribution in [3.05, 3.63) is 45.9 Å². The molecule has 1 aromatic rings. The minimum atomic E-state index is -1.72. The monoisotopic (exact) mass is 668 g/mol. The maximum Gasteiger partial charge on any atom is 0.337 e. The zero-order valence-electron chi connectivity index (χ0n) is 18.3. The van der Waals surface area contributed by atoms with Gasteiger partial charge < -0.3 is 45.7 Å². The number of hydrogen-bond acceptors (Lipinski definition) is 10. The Balaban J connectivity index is 0.00000512. The maximum atomic E-state index is 11.9. The summed E-state index contributed by atoms with van der Waals surface area (Å²) in [7, 11) is 1.07. The summed E-state index contributed by atoms with van der Waals surface area (Å²) in [4.78, 5) is 33.8. The van der Waals surface area contributed by atoms with Gasteiger partial charge in [-0.15, -0.1) is 0 Å². The van der Waals surface area contributed by atoms with Gasteiger partial charge in [0.1, 0.15) is 31.5 Å². The van der Waals surface area contributed by atoms with Gasteiger partial charge in [-0.2, -0.15) is 0 Å². The maximum absolute atomic E-state index is 11.9. The summed E-state index contributed by atoms with van der Waals surface area (Å²) in [6.45, 7) is 1.10. The Hall–Kier alpha value is -1.09. The Bertz CT molecular complexity index is 802. The molecule has 0 aliphatic carbocycles. The second kappa shape index (κ2) is 14.3. The molecule has 33 heavy (non-hydrogen) atoms. The number of hydrogen-bond donors (Lipinski definition) is 3. The first-order valence-corrected chi connectivity index (χ1v) is 9.20. The van der Waals surface area contributed by atoms with Crippen LogP contribution in [0.5, 0.6) is 0 Å². The van der Waals surface area contributed by atoms with Crippen LogP contribution in [0.4, 0.5) is 9.59 Å². The van der Waals surface area contributed by atoms with Crippen LogP contribution in [0.2, 0.25) is 0 Å². The van der Waals surface area contributed by atoms with Crippen molar-refractivity contribution in [3.8, 4) is 0 Å². The molecule has 2 rings (SSSR count). The van der Waals surface area contributed by atoms with Gasteiger partial charge >= 0.3 is 5.97 Å². The van der Waals surface area contributed by atoms with Gasteiger partial charge in [0.05, 0.1) is 13.2 Å². The fourth-order valence-electron chi connectivity index (χ4n) is 3.41.